The molecule has 0 unspecified atom stereocenters. The lowest BCUT2D eigenvalue weighted by molar-refractivity contribution is -0.118. The highest BCUT2D eigenvalue weighted by molar-refractivity contribution is 7.92. The van der Waals surface area contributed by atoms with E-state index in [2.05, 4.69) is 5.10 Å². The zero-order chi connectivity index (χ0) is 18.1. The fourth-order valence-electron chi connectivity index (χ4n) is 3.19. The molecule has 0 atom stereocenters. The van der Waals surface area contributed by atoms with Crippen LogP contribution < -0.4 is 4.90 Å². The fourth-order valence-corrected chi connectivity index (χ4v) is 4.81. The first kappa shape index (κ1) is 16.5. The summed E-state index contributed by atoms with van der Waals surface area (Å²) in [5.41, 5.74) is 0.825. The normalized spacial score (nSPS) is 14.5. The summed E-state index contributed by atoms with van der Waals surface area (Å²) in [4.78, 5) is 14.8. The molecule has 4 rings (SSSR count). The average molecular weight is 367 g/mol. The van der Waals surface area contributed by atoms with E-state index in [1.54, 1.807) is 59.4 Å². The zero-order valence-electron chi connectivity index (χ0n) is 13.9. The van der Waals surface area contributed by atoms with Gasteiger partial charge in [-0.25, -0.2) is 8.42 Å². The van der Waals surface area contributed by atoms with Crippen molar-refractivity contribution >= 4 is 27.1 Å². The third-order valence-corrected chi connectivity index (χ3v) is 6.23. The Morgan fingerprint density at radius 1 is 0.923 bits per heavy atom. The summed E-state index contributed by atoms with van der Waals surface area (Å²) in [7, 11) is -3.63. The van der Waals surface area contributed by atoms with Gasteiger partial charge in [0.05, 0.1) is 21.2 Å². The topological polar surface area (TPSA) is 72.3 Å². The molecule has 1 aliphatic heterocycles. The molecule has 2 aromatic carbocycles. The van der Waals surface area contributed by atoms with Crippen molar-refractivity contribution in [3.8, 4) is 0 Å². The lowest BCUT2D eigenvalue weighted by Gasteiger charge is -2.31. The van der Waals surface area contributed by atoms with Crippen LogP contribution in [0.1, 0.15) is 12.8 Å². The monoisotopic (exact) mass is 367 g/mol. The van der Waals surface area contributed by atoms with Gasteiger partial charge in [-0.2, -0.15) is 5.10 Å². The highest BCUT2D eigenvalue weighted by atomic mass is 32.2. The van der Waals surface area contributed by atoms with E-state index in [0.717, 1.165) is 0 Å². The summed E-state index contributed by atoms with van der Waals surface area (Å²) < 4.78 is 27.5. The maximum Gasteiger partial charge on any atom is 0.231 e. The van der Waals surface area contributed by atoms with Gasteiger partial charge in [-0.15, -0.1) is 0 Å². The molecule has 1 amide bonds. The van der Waals surface area contributed by atoms with Crippen molar-refractivity contribution in [3.63, 3.8) is 0 Å². The van der Waals surface area contributed by atoms with E-state index in [4.69, 9.17) is 0 Å². The van der Waals surface area contributed by atoms with Crippen LogP contribution in [0.3, 0.4) is 0 Å². The molecular weight excluding hydrogens is 350 g/mol. The van der Waals surface area contributed by atoms with Gasteiger partial charge in [0.25, 0.3) is 0 Å². The first-order chi connectivity index (χ1) is 12.6. The molecule has 1 aliphatic rings. The maximum absolute atomic E-state index is 13.0. The molecule has 6 nitrogen and oxygen atoms in total. The minimum atomic E-state index is -3.63. The summed E-state index contributed by atoms with van der Waals surface area (Å²) in [5.74, 6) is -0.132. The third kappa shape index (κ3) is 2.70. The van der Waals surface area contributed by atoms with Gasteiger partial charge < -0.3 is 0 Å². The van der Waals surface area contributed by atoms with Crippen LogP contribution in [0.4, 0.5) is 11.4 Å². The van der Waals surface area contributed by atoms with Crippen LogP contribution in [0.5, 0.6) is 0 Å². The quantitative estimate of drug-likeness (QED) is 0.710. The molecule has 2 heterocycles. The van der Waals surface area contributed by atoms with Crippen LogP contribution in [0.2, 0.25) is 0 Å². The van der Waals surface area contributed by atoms with E-state index in [1.807, 2.05) is 12.3 Å². The summed E-state index contributed by atoms with van der Waals surface area (Å²) in [5, 5.41) is 4.13. The Balaban J connectivity index is 1.69. The highest BCUT2D eigenvalue weighted by Crippen LogP contribution is 2.44. The lowest BCUT2D eigenvalue weighted by Crippen LogP contribution is -2.31. The molecule has 132 valence electrons. The Kier molecular flexibility index (Phi) is 4.08. The summed E-state index contributed by atoms with van der Waals surface area (Å²) in [6, 6.07) is 15.1. The number of fused-ring (bicyclic) bond motifs is 2. The highest BCUT2D eigenvalue weighted by Gasteiger charge is 2.36. The lowest BCUT2D eigenvalue weighted by atomic mass is 10.2. The minimum absolute atomic E-state index is 0.132. The molecule has 0 spiro atoms. The first-order valence-corrected chi connectivity index (χ1v) is 9.81. The number of benzene rings is 2. The van der Waals surface area contributed by atoms with Crippen LogP contribution >= 0.6 is 0 Å². The number of hydrogen-bond acceptors (Lipinski definition) is 4. The van der Waals surface area contributed by atoms with Gasteiger partial charge in [-0.3, -0.25) is 14.4 Å². The Morgan fingerprint density at radius 2 is 1.54 bits per heavy atom. The van der Waals surface area contributed by atoms with E-state index in [1.165, 1.54) is 4.90 Å². The molecule has 3 aromatic rings. The predicted molar refractivity (Wildman–Crippen MR) is 96.9 cm³/mol. The summed E-state index contributed by atoms with van der Waals surface area (Å²) in [6.07, 6.45) is 4.46. The van der Waals surface area contributed by atoms with Crippen LogP contribution in [0, 0.1) is 0 Å². The molecule has 0 saturated heterocycles. The van der Waals surface area contributed by atoms with Gasteiger partial charge in [0.15, 0.2) is 0 Å². The Morgan fingerprint density at radius 3 is 2.12 bits per heavy atom. The minimum Gasteiger partial charge on any atom is -0.278 e. The van der Waals surface area contributed by atoms with Crippen LogP contribution in [0.25, 0.3) is 0 Å². The van der Waals surface area contributed by atoms with Crippen molar-refractivity contribution < 1.29 is 13.2 Å². The molecule has 0 aliphatic carbocycles. The van der Waals surface area contributed by atoms with Crippen molar-refractivity contribution in [1.29, 1.82) is 0 Å². The number of aryl methyl sites for hydroxylation is 1. The second-order valence-electron chi connectivity index (χ2n) is 6.04. The molecule has 1 aromatic heterocycles. The molecule has 0 fully saturated rings. The SMILES string of the molecule is O=C(CCCn1cccn1)N1c2ccccc2S(=O)(=O)c2ccccc21. The van der Waals surface area contributed by atoms with Gasteiger partial charge in [-0.05, 0) is 36.8 Å². The van der Waals surface area contributed by atoms with E-state index >= 15 is 0 Å². The molecule has 26 heavy (non-hydrogen) atoms. The van der Waals surface area contributed by atoms with Crippen LogP contribution in [-0.4, -0.2) is 24.1 Å². The van der Waals surface area contributed by atoms with Crippen molar-refractivity contribution in [2.45, 2.75) is 29.2 Å². The number of carbonyl (C=O) groups excluding carboxylic acids is 1. The van der Waals surface area contributed by atoms with Crippen molar-refractivity contribution in [2.75, 3.05) is 4.90 Å². The van der Waals surface area contributed by atoms with Gasteiger partial charge in [0, 0.05) is 25.4 Å². The Hall–Kier alpha value is -2.93. The molecule has 0 radical (unpaired) electrons. The average Bonchev–Trinajstić information content (AvgIpc) is 3.16. The largest absolute Gasteiger partial charge is 0.278 e. The number of aromatic nitrogens is 2. The predicted octanol–water partition coefficient (Wildman–Crippen LogP) is 3.17. The van der Waals surface area contributed by atoms with Crippen molar-refractivity contribution in [3.05, 3.63) is 67.0 Å². The summed E-state index contributed by atoms with van der Waals surface area (Å²) in [6.45, 7) is 0.633. The number of carbonyl (C=O) groups is 1. The third-order valence-electron chi connectivity index (χ3n) is 4.38. The van der Waals surface area contributed by atoms with Gasteiger partial charge in [0.1, 0.15) is 0 Å². The standard InChI is InChI=1S/C19H17N3O3S/c23-19(11-5-13-21-14-6-12-20-21)22-15-7-1-3-9-17(15)26(24,25)18-10-4-2-8-16(18)22/h1-4,6-10,12,14H,5,11,13H2. The number of hydrogen-bond donors (Lipinski definition) is 0. The molecule has 0 bridgehead atoms. The fraction of sp³-hybridized carbons (Fsp3) is 0.158. The van der Waals surface area contributed by atoms with E-state index < -0.39 is 9.84 Å². The number of rotatable bonds is 4. The number of nitrogens with zero attached hydrogens (tertiary/aromatic N) is 3. The van der Waals surface area contributed by atoms with Crippen molar-refractivity contribution in [1.82, 2.24) is 9.78 Å². The van der Waals surface area contributed by atoms with Crippen molar-refractivity contribution in [2.24, 2.45) is 0 Å². The second kappa shape index (κ2) is 6.42. The Labute approximate surface area is 151 Å². The number of para-hydroxylation sites is 2. The Bertz CT molecular complexity index is 1010. The number of sulfone groups is 1. The van der Waals surface area contributed by atoms with Gasteiger partial charge >= 0.3 is 0 Å². The van der Waals surface area contributed by atoms with Crippen LogP contribution in [-0.2, 0) is 21.2 Å². The summed E-state index contributed by atoms with van der Waals surface area (Å²) >= 11 is 0. The zero-order valence-corrected chi connectivity index (χ0v) is 14.8. The van der Waals surface area contributed by atoms with Crippen LogP contribution in [0.15, 0.2) is 76.8 Å². The smallest absolute Gasteiger partial charge is 0.231 e. The molecule has 0 N–H and O–H groups in total. The van der Waals surface area contributed by atoms with E-state index in [9.17, 15) is 13.2 Å². The molecule has 7 heteroatoms. The second-order valence-corrected chi connectivity index (χ2v) is 7.93. The van der Waals surface area contributed by atoms with Gasteiger partial charge in [0.2, 0.25) is 15.7 Å². The first-order valence-electron chi connectivity index (χ1n) is 8.32. The molecule has 0 saturated carbocycles. The number of amides is 1. The van der Waals surface area contributed by atoms with Gasteiger partial charge in [-0.1, -0.05) is 24.3 Å². The van der Waals surface area contributed by atoms with E-state index in [0.29, 0.717) is 30.8 Å². The molecular formula is C19H17N3O3S. The maximum atomic E-state index is 13.0. The van der Waals surface area contributed by atoms with E-state index in [-0.39, 0.29) is 15.7 Å². The number of anilines is 2.